The van der Waals surface area contributed by atoms with Crippen LogP contribution in [0.25, 0.3) is 0 Å². The average Bonchev–Trinajstić information content (AvgIpc) is 2.68. The molecule has 158 valence electrons. The Morgan fingerprint density at radius 1 is 0.966 bits per heavy atom. The molecule has 0 aromatic heterocycles. The number of hydrogen-bond donors (Lipinski definition) is 1. The van der Waals surface area contributed by atoms with E-state index in [4.69, 9.17) is 18.9 Å². The van der Waals surface area contributed by atoms with Gasteiger partial charge in [-0.25, -0.2) is 0 Å². The number of rotatable bonds is 10. The molecule has 0 aliphatic carbocycles. The Morgan fingerprint density at radius 3 is 2.21 bits per heavy atom. The summed E-state index contributed by atoms with van der Waals surface area (Å²) < 4.78 is 59.9. The van der Waals surface area contributed by atoms with Gasteiger partial charge in [-0.3, -0.25) is 4.79 Å². The summed E-state index contributed by atoms with van der Waals surface area (Å²) in [7, 11) is 1.47. The van der Waals surface area contributed by atoms with Crippen molar-refractivity contribution in [2.45, 2.75) is 13.1 Å². The molecule has 0 atom stereocenters. The maximum absolute atomic E-state index is 13.0. The van der Waals surface area contributed by atoms with Crippen LogP contribution in [0.1, 0.15) is 12.5 Å². The van der Waals surface area contributed by atoms with Crippen molar-refractivity contribution in [3.63, 3.8) is 0 Å². The van der Waals surface area contributed by atoms with Gasteiger partial charge in [0.05, 0.1) is 24.5 Å². The third-order valence-electron chi connectivity index (χ3n) is 3.63. The topological polar surface area (TPSA) is 66.0 Å². The molecule has 0 aliphatic rings. The summed E-state index contributed by atoms with van der Waals surface area (Å²) >= 11 is 0. The maximum Gasteiger partial charge on any atom is 0.416 e. The highest BCUT2D eigenvalue weighted by Gasteiger charge is 2.31. The molecule has 0 aliphatic heterocycles. The normalized spacial score (nSPS) is 11.1. The molecule has 29 heavy (non-hydrogen) atoms. The van der Waals surface area contributed by atoms with Crippen LogP contribution in [0.3, 0.4) is 0 Å². The Bertz CT molecular complexity index is 794. The van der Waals surface area contributed by atoms with Gasteiger partial charge in [0.2, 0.25) is 0 Å². The fraction of sp³-hybridized carbons (Fsp3) is 0.350. The number of carbonyl (C=O) groups excluding carboxylic acids is 1. The first-order valence-electron chi connectivity index (χ1n) is 8.82. The van der Waals surface area contributed by atoms with E-state index in [2.05, 4.69) is 5.32 Å². The van der Waals surface area contributed by atoms with Gasteiger partial charge in [0, 0.05) is 7.11 Å². The summed E-state index contributed by atoms with van der Waals surface area (Å²) in [6.45, 7) is 2.36. The highest BCUT2D eigenvalue weighted by Crippen LogP contribution is 2.35. The molecular weight excluding hydrogens is 391 g/mol. The van der Waals surface area contributed by atoms with E-state index in [1.807, 2.05) is 6.92 Å². The van der Waals surface area contributed by atoms with Gasteiger partial charge in [0.25, 0.3) is 5.91 Å². The number of ether oxygens (including phenoxy) is 4. The fourth-order valence-electron chi connectivity index (χ4n) is 2.30. The molecular formula is C20H22F3NO5. The number of benzene rings is 2. The Labute approximate surface area is 166 Å². The van der Waals surface area contributed by atoms with Crippen molar-refractivity contribution in [1.82, 2.24) is 0 Å². The minimum absolute atomic E-state index is 0.101. The first-order valence-corrected chi connectivity index (χ1v) is 8.82. The first-order chi connectivity index (χ1) is 13.8. The van der Waals surface area contributed by atoms with Gasteiger partial charge >= 0.3 is 6.18 Å². The Balaban J connectivity index is 2.04. The van der Waals surface area contributed by atoms with Gasteiger partial charge in [-0.2, -0.15) is 13.2 Å². The molecule has 0 saturated carbocycles. The lowest BCUT2D eigenvalue weighted by Crippen LogP contribution is -2.21. The Kier molecular flexibility index (Phi) is 8.14. The molecule has 0 heterocycles. The van der Waals surface area contributed by atoms with Gasteiger partial charge in [-0.1, -0.05) is 0 Å². The summed E-state index contributed by atoms with van der Waals surface area (Å²) in [5, 5.41) is 2.40. The van der Waals surface area contributed by atoms with Crippen LogP contribution in [0.2, 0.25) is 0 Å². The summed E-state index contributed by atoms with van der Waals surface area (Å²) in [6, 6.07) is 9.48. The molecule has 0 bridgehead atoms. The van der Waals surface area contributed by atoms with Crippen molar-refractivity contribution >= 4 is 11.6 Å². The number of amides is 1. The van der Waals surface area contributed by atoms with Crippen molar-refractivity contribution in [2.24, 2.45) is 0 Å². The number of carbonyl (C=O) groups is 1. The van der Waals surface area contributed by atoms with Crippen molar-refractivity contribution in [3.05, 3.63) is 48.0 Å². The van der Waals surface area contributed by atoms with Crippen molar-refractivity contribution in [1.29, 1.82) is 0 Å². The highest BCUT2D eigenvalue weighted by molar-refractivity contribution is 5.93. The number of halogens is 3. The zero-order chi connectivity index (χ0) is 21.3. The lowest BCUT2D eigenvalue weighted by atomic mass is 10.1. The predicted molar refractivity (Wildman–Crippen MR) is 101 cm³/mol. The van der Waals surface area contributed by atoms with Crippen LogP contribution in [0.5, 0.6) is 17.2 Å². The molecule has 6 nitrogen and oxygen atoms in total. The largest absolute Gasteiger partial charge is 0.494 e. The number of hydrogen-bond acceptors (Lipinski definition) is 5. The highest BCUT2D eigenvalue weighted by atomic mass is 19.4. The van der Waals surface area contributed by atoms with Crippen LogP contribution in [0.15, 0.2) is 42.5 Å². The van der Waals surface area contributed by atoms with E-state index in [0.717, 1.165) is 18.2 Å². The molecule has 1 amide bonds. The zero-order valence-electron chi connectivity index (χ0n) is 16.0. The van der Waals surface area contributed by atoms with Gasteiger partial charge in [-0.15, -0.1) is 0 Å². The predicted octanol–water partition coefficient (Wildman–Crippen LogP) is 4.15. The molecule has 0 unspecified atom stereocenters. The Hall–Kier alpha value is -2.94. The zero-order valence-corrected chi connectivity index (χ0v) is 16.0. The second-order valence-corrected chi connectivity index (χ2v) is 5.79. The molecule has 2 rings (SSSR count). The Morgan fingerprint density at radius 2 is 1.62 bits per heavy atom. The van der Waals surface area contributed by atoms with E-state index < -0.39 is 17.6 Å². The van der Waals surface area contributed by atoms with Crippen molar-refractivity contribution < 1.29 is 36.9 Å². The standard InChI is InChI=1S/C20H22F3NO5/c1-3-27-15-5-7-16(8-6-15)29-13-19(25)24-17-12-14(20(21,22)23)4-9-18(17)28-11-10-26-2/h4-9,12H,3,10-11,13H2,1-2H3,(H,24,25). The lowest BCUT2D eigenvalue weighted by Gasteiger charge is -2.15. The fourth-order valence-corrected chi connectivity index (χ4v) is 2.30. The van der Waals surface area contributed by atoms with E-state index >= 15 is 0 Å². The monoisotopic (exact) mass is 413 g/mol. The maximum atomic E-state index is 13.0. The number of anilines is 1. The molecule has 2 aromatic carbocycles. The molecule has 0 spiro atoms. The minimum atomic E-state index is -4.55. The minimum Gasteiger partial charge on any atom is -0.494 e. The number of nitrogens with one attached hydrogen (secondary N) is 1. The van der Waals surface area contributed by atoms with Crippen LogP contribution >= 0.6 is 0 Å². The molecule has 0 radical (unpaired) electrons. The second-order valence-electron chi connectivity index (χ2n) is 5.79. The van der Waals surface area contributed by atoms with Gasteiger partial charge < -0.3 is 24.3 Å². The summed E-state index contributed by atoms with van der Waals surface area (Å²) in [5.41, 5.74) is -1.00. The van der Waals surface area contributed by atoms with Crippen LogP contribution in [-0.2, 0) is 15.7 Å². The molecule has 1 N–H and O–H groups in total. The van der Waals surface area contributed by atoms with E-state index in [0.29, 0.717) is 18.1 Å². The average molecular weight is 413 g/mol. The van der Waals surface area contributed by atoms with E-state index in [-0.39, 0.29) is 31.3 Å². The molecule has 0 saturated heterocycles. The van der Waals surface area contributed by atoms with E-state index in [1.54, 1.807) is 24.3 Å². The second kappa shape index (κ2) is 10.6. The van der Waals surface area contributed by atoms with Crippen LogP contribution in [0.4, 0.5) is 18.9 Å². The summed E-state index contributed by atoms with van der Waals surface area (Å²) in [6.07, 6.45) is -4.55. The quantitative estimate of drug-likeness (QED) is 0.593. The smallest absolute Gasteiger partial charge is 0.416 e. The first kappa shape index (κ1) is 22.4. The SMILES string of the molecule is CCOc1ccc(OCC(=O)Nc2cc(C(F)(F)F)ccc2OCCOC)cc1. The molecule has 9 heteroatoms. The van der Waals surface area contributed by atoms with Gasteiger partial charge in [0.15, 0.2) is 6.61 Å². The van der Waals surface area contributed by atoms with Crippen LogP contribution in [-0.4, -0.2) is 39.4 Å². The third-order valence-corrected chi connectivity index (χ3v) is 3.63. The van der Waals surface area contributed by atoms with Crippen LogP contribution in [0, 0.1) is 0 Å². The van der Waals surface area contributed by atoms with Crippen molar-refractivity contribution in [2.75, 3.05) is 38.9 Å². The van der Waals surface area contributed by atoms with E-state index in [9.17, 15) is 18.0 Å². The lowest BCUT2D eigenvalue weighted by molar-refractivity contribution is -0.137. The molecule has 0 fully saturated rings. The summed E-state index contributed by atoms with van der Waals surface area (Å²) in [5.74, 6) is 0.551. The van der Waals surface area contributed by atoms with Gasteiger partial charge in [-0.05, 0) is 49.4 Å². The number of alkyl halides is 3. The van der Waals surface area contributed by atoms with E-state index in [1.165, 1.54) is 7.11 Å². The molecule has 2 aromatic rings. The number of methoxy groups -OCH3 is 1. The third kappa shape index (κ3) is 7.19. The van der Waals surface area contributed by atoms with Crippen LogP contribution < -0.4 is 19.5 Å². The van der Waals surface area contributed by atoms with Gasteiger partial charge in [0.1, 0.15) is 23.9 Å². The summed E-state index contributed by atoms with van der Waals surface area (Å²) in [4.78, 5) is 12.2. The van der Waals surface area contributed by atoms with Crippen molar-refractivity contribution in [3.8, 4) is 17.2 Å².